The summed E-state index contributed by atoms with van der Waals surface area (Å²) >= 11 is 7.70. The third-order valence-corrected chi connectivity index (χ3v) is 4.56. The minimum atomic E-state index is 0.494. The highest BCUT2D eigenvalue weighted by Gasteiger charge is 2.09. The van der Waals surface area contributed by atoms with E-state index >= 15 is 0 Å². The molecule has 0 aliphatic rings. The monoisotopic (exact) mass is 316 g/mol. The second kappa shape index (κ2) is 5.92. The van der Waals surface area contributed by atoms with Crippen molar-refractivity contribution in [3.05, 3.63) is 70.1 Å². The van der Waals surface area contributed by atoms with Gasteiger partial charge in [0.2, 0.25) is 0 Å². The SMILES string of the molecule is Cc1ccc2cc(CSc3cccc[n+]3[O-])c(Cl)nc2c1. The van der Waals surface area contributed by atoms with Gasteiger partial charge in [0.25, 0.3) is 5.03 Å². The second-order valence-electron chi connectivity index (χ2n) is 4.79. The van der Waals surface area contributed by atoms with Crippen molar-refractivity contribution >= 4 is 34.3 Å². The molecule has 0 amide bonds. The van der Waals surface area contributed by atoms with Crippen LogP contribution in [0.1, 0.15) is 11.1 Å². The molecule has 0 spiro atoms. The fourth-order valence-electron chi connectivity index (χ4n) is 2.07. The molecule has 21 heavy (non-hydrogen) atoms. The molecule has 3 rings (SSSR count). The Balaban J connectivity index is 1.89. The lowest BCUT2D eigenvalue weighted by Crippen LogP contribution is -2.27. The number of aromatic nitrogens is 2. The van der Waals surface area contributed by atoms with Crippen molar-refractivity contribution in [3.63, 3.8) is 0 Å². The van der Waals surface area contributed by atoms with Crippen LogP contribution in [-0.2, 0) is 5.75 Å². The molecule has 0 saturated carbocycles. The molecule has 0 N–H and O–H groups in total. The molecule has 0 aliphatic heterocycles. The van der Waals surface area contributed by atoms with Crippen molar-refractivity contribution in [1.29, 1.82) is 0 Å². The maximum Gasteiger partial charge on any atom is 0.251 e. The molecule has 0 fully saturated rings. The smallest absolute Gasteiger partial charge is 0.251 e. The Hall–Kier alpha value is -1.78. The van der Waals surface area contributed by atoms with Gasteiger partial charge in [0.1, 0.15) is 5.15 Å². The van der Waals surface area contributed by atoms with E-state index in [0.717, 1.165) is 26.8 Å². The van der Waals surface area contributed by atoms with E-state index in [1.165, 1.54) is 18.0 Å². The van der Waals surface area contributed by atoms with Gasteiger partial charge in [-0.05, 0) is 30.7 Å². The van der Waals surface area contributed by atoms with Gasteiger partial charge >= 0.3 is 0 Å². The molecular formula is C16H13ClN2OS. The zero-order chi connectivity index (χ0) is 14.8. The first-order valence-electron chi connectivity index (χ1n) is 6.50. The van der Waals surface area contributed by atoms with Gasteiger partial charge in [-0.2, -0.15) is 4.73 Å². The first-order valence-corrected chi connectivity index (χ1v) is 7.86. The molecule has 0 bridgehead atoms. The Morgan fingerprint density at radius 1 is 1.24 bits per heavy atom. The minimum Gasteiger partial charge on any atom is -0.618 e. The lowest BCUT2D eigenvalue weighted by atomic mass is 10.1. The van der Waals surface area contributed by atoms with Crippen LogP contribution in [-0.4, -0.2) is 4.98 Å². The molecular weight excluding hydrogens is 304 g/mol. The summed E-state index contributed by atoms with van der Waals surface area (Å²) in [6.45, 7) is 2.03. The molecule has 3 aromatic rings. The summed E-state index contributed by atoms with van der Waals surface area (Å²) in [6, 6.07) is 13.5. The van der Waals surface area contributed by atoms with E-state index in [1.54, 1.807) is 12.1 Å². The van der Waals surface area contributed by atoms with E-state index in [1.807, 2.05) is 31.2 Å². The van der Waals surface area contributed by atoms with Crippen molar-refractivity contribution in [2.75, 3.05) is 0 Å². The highest BCUT2D eigenvalue weighted by Crippen LogP contribution is 2.27. The number of hydrogen-bond acceptors (Lipinski definition) is 3. The molecule has 1 aromatic carbocycles. The number of fused-ring (bicyclic) bond motifs is 1. The number of thioether (sulfide) groups is 1. The Bertz CT molecular complexity index is 807. The zero-order valence-corrected chi connectivity index (χ0v) is 13.0. The van der Waals surface area contributed by atoms with Gasteiger partial charge in [0.05, 0.1) is 5.52 Å². The van der Waals surface area contributed by atoms with Crippen LogP contribution in [0.2, 0.25) is 5.15 Å². The van der Waals surface area contributed by atoms with Gasteiger partial charge in [0.15, 0.2) is 6.20 Å². The van der Waals surface area contributed by atoms with Gasteiger partial charge in [0, 0.05) is 28.8 Å². The second-order valence-corrected chi connectivity index (χ2v) is 6.14. The first-order chi connectivity index (χ1) is 10.1. The van der Waals surface area contributed by atoms with Crippen LogP contribution < -0.4 is 4.73 Å². The molecule has 0 saturated heterocycles. The molecule has 0 unspecified atom stereocenters. The normalized spacial score (nSPS) is 11.0. The van der Waals surface area contributed by atoms with Crippen molar-refractivity contribution < 1.29 is 4.73 Å². The quantitative estimate of drug-likeness (QED) is 0.316. The fraction of sp³-hybridized carbons (Fsp3) is 0.125. The van der Waals surface area contributed by atoms with Crippen LogP contribution >= 0.6 is 23.4 Å². The average molecular weight is 317 g/mol. The maximum absolute atomic E-state index is 11.6. The minimum absolute atomic E-state index is 0.494. The van der Waals surface area contributed by atoms with Crippen LogP contribution in [0.4, 0.5) is 0 Å². The Labute approximate surface area is 132 Å². The Kier molecular flexibility index (Phi) is 3.99. The van der Waals surface area contributed by atoms with Gasteiger partial charge in [-0.1, -0.05) is 35.5 Å². The summed E-state index contributed by atoms with van der Waals surface area (Å²) in [5.41, 5.74) is 2.99. The third-order valence-electron chi connectivity index (χ3n) is 3.16. The van der Waals surface area contributed by atoms with E-state index in [2.05, 4.69) is 11.1 Å². The van der Waals surface area contributed by atoms with Crippen LogP contribution in [0.15, 0.2) is 53.7 Å². The number of rotatable bonds is 3. The van der Waals surface area contributed by atoms with Crippen LogP contribution in [0, 0.1) is 12.1 Å². The Morgan fingerprint density at radius 3 is 2.90 bits per heavy atom. The van der Waals surface area contributed by atoms with E-state index in [0.29, 0.717) is 15.9 Å². The summed E-state index contributed by atoms with van der Waals surface area (Å²) in [5, 5.41) is 13.8. The molecule has 0 radical (unpaired) electrons. The predicted octanol–water partition coefficient (Wildman–Crippen LogP) is 4.12. The average Bonchev–Trinajstić information content (AvgIpc) is 2.46. The van der Waals surface area contributed by atoms with E-state index in [9.17, 15) is 5.21 Å². The number of hydrogen-bond donors (Lipinski definition) is 0. The fourth-order valence-corrected chi connectivity index (χ4v) is 3.25. The number of aryl methyl sites for hydroxylation is 1. The van der Waals surface area contributed by atoms with Gasteiger partial charge in [-0.15, -0.1) is 0 Å². The molecule has 106 valence electrons. The summed E-state index contributed by atoms with van der Waals surface area (Å²) in [5.74, 6) is 0.613. The first kappa shape index (κ1) is 14.2. The molecule has 2 heterocycles. The van der Waals surface area contributed by atoms with Gasteiger partial charge in [-0.25, -0.2) is 4.98 Å². The predicted molar refractivity (Wildman–Crippen MR) is 86.5 cm³/mol. The third kappa shape index (κ3) is 3.12. The van der Waals surface area contributed by atoms with Crippen molar-refractivity contribution in [2.45, 2.75) is 17.7 Å². The number of benzene rings is 1. The lowest BCUT2D eigenvalue weighted by molar-refractivity contribution is -0.645. The number of nitrogens with zero attached hydrogens (tertiary/aromatic N) is 2. The summed E-state index contributed by atoms with van der Waals surface area (Å²) < 4.78 is 0.858. The van der Waals surface area contributed by atoms with Gasteiger partial charge < -0.3 is 5.21 Å². The summed E-state index contributed by atoms with van der Waals surface area (Å²) in [4.78, 5) is 4.44. The van der Waals surface area contributed by atoms with E-state index in [-0.39, 0.29) is 0 Å². The van der Waals surface area contributed by atoms with E-state index < -0.39 is 0 Å². The van der Waals surface area contributed by atoms with Crippen LogP contribution in [0.5, 0.6) is 0 Å². The molecule has 5 heteroatoms. The summed E-state index contributed by atoms with van der Waals surface area (Å²) in [7, 11) is 0. The van der Waals surface area contributed by atoms with Crippen molar-refractivity contribution in [1.82, 2.24) is 4.98 Å². The highest BCUT2D eigenvalue weighted by molar-refractivity contribution is 7.98. The topological polar surface area (TPSA) is 39.8 Å². The van der Waals surface area contributed by atoms with Crippen LogP contribution in [0.25, 0.3) is 10.9 Å². The number of halogens is 1. The molecule has 2 aromatic heterocycles. The lowest BCUT2D eigenvalue weighted by Gasteiger charge is -2.07. The standard InChI is InChI=1S/C16H13ClN2OS/c1-11-5-6-12-9-13(16(17)18-14(12)8-11)10-21-15-4-2-3-7-19(15)20/h2-9H,10H2,1H3. The zero-order valence-electron chi connectivity index (χ0n) is 11.4. The molecule has 0 aliphatic carbocycles. The van der Waals surface area contributed by atoms with Crippen molar-refractivity contribution in [3.8, 4) is 0 Å². The Morgan fingerprint density at radius 2 is 2.10 bits per heavy atom. The van der Waals surface area contributed by atoms with Gasteiger partial charge in [-0.3, -0.25) is 0 Å². The van der Waals surface area contributed by atoms with E-state index in [4.69, 9.17) is 11.6 Å². The molecule has 3 nitrogen and oxygen atoms in total. The summed E-state index contributed by atoms with van der Waals surface area (Å²) in [6.07, 6.45) is 1.49. The largest absolute Gasteiger partial charge is 0.618 e. The highest BCUT2D eigenvalue weighted by atomic mass is 35.5. The maximum atomic E-state index is 11.6. The number of pyridine rings is 2. The van der Waals surface area contributed by atoms with Crippen molar-refractivity contribution in [2.24, 2.45) is 0 Å². The van der Waals surface area contributed by atoms with Crippen LogP contribution in [0.3, 0.4) is 0 Å². The molecule has 0 atom stereocenters.